The van der Waals surface area contributed by atoms with Crippen LogP contribution < -0.4 is 5.32 Å². The Labute approximate surface area is 156 Å². The molecule has 0 saturated heterocycles. The second kappa shape index (κ2) is 8.35. The van der Waals surface area contributed by atoms with Crippen molar-refractivity contribution in [1.82, 2.24) is 9.78 Å². The van der Waals surface area contributed by atoms with E-state index in [0.717, 1.165) is 23.6 Å². The SMILES string of the molecule is CC(Sc1ccc([N+](=O)[O-])cc1)C(=O)Nc1ccnn1C1CCCCC1. The average Bonchev–Trinajstić information content (AvgIpc) is 3.11. The number of nitrogens with zero attached hydrogens (tertiary/aromatic N) is 3. The van der Waals surface area contributed by atoms with Crippen molar-refractivity contribution in [2.45, 2.75) is 55.2 Å². The minimum Gasteiger partial charge on any atom is -0.310 e. The molecule has 1 amide bonds. The lowest BCUT2D eigenvalue weighted by atomic mass is 9.96. The molecule has 0 bridgehead atoms. The first-order chi connectivity index (χ1) is 12.5. The predicted molar refractivity (Wildman–Crippen MR) is 101 cm³/mol. The quantitative estimate of drug-likeness (QED) is 0.459. The standard InChI is InChI=1S/C18H22N4O3S/c1-13(26-16-9-7-15(8-10-16)22(24)25)18(23)20-17-11-12-19-21(17)14-5-3-2-4-6-14/h7-14H,2-6H2,1H3,(H,20,23). The third-order valence-electron chi connectivity index (χ3n) is 4.57. The minimum atomic E-state index is -0.434. The number of aromatic nitrogens is 2. The van der Waals surface area contributed by atoms with Crippen LogP contribution in [0, 0.1) is 10.1 Å². The molecule has 1 saturated carbocycles. The summed E-state index contributed by atoms with van der Waals surface area (Å²) in [7, 11) is 0. The van der Waals surface area contributed by atoms with Crippen LogP contribution in [0.5, 0.6) is 0 Å². The van der Waals surface area contributed by atoms with Gasteiger partial charge >= 0.3 is 0 Å². The molecule has 7 nitrogen and oxygen atoms in total. The summed E-state index contributed by atoms with van der Waals surface area (Å²) in [6.45, 7) is 1.82. The van der Waals surface area contributed by atoms with Gasteiger partial charge in [-0.1, -0.05) is 19.3 Å². The molecule has 1 aliphatic rings. The van der Waals surface area contributed by atoms with Gasteiger partial charge in [0.15, 0.2) is 0 Å². The van der Waals surface area contributed by atoms with Crippen LogP contribution in [0.25, 0.3) is 0 Å². The number of benzene rings is 1. The summed E-state index contributed by atoms with van der Waals surface area (Å²) in [5.41, 5.74) is 0.0443. The first kappa shape index (κ1) is 18.4. The second-order valence-corrected chi connectivity index (χ2v) is 7.87. The van der Waals surface area contributed by atoms with Gasteiger partial charge in [0.25, 0.3) is 5.69 Å². The Morgan fingerprint density at radius 1 is 1.27 bits per heavy atom. The zero-order chi connectivity index (χ0) is 18.5. The van der Waals surface area contributed by atoms with Crippen molar-refractivity contribution in [2.75, 3.05) is 5.32 Å². The monoisotopic (exact) mass is 374 g/mol. The van der Waals surface area contributed by atoms with E-state index in [1.807, 2.05) is 17.7 Å². The molecule has 2 aromatic rings. The van der Waals surface area contributed by atoms with E-state index in [0.29, 0.717) is 6.04 Å². The Morgan fingerprint density at radius 2 is 1.96 bits per heavy atom. The summed E-state index contributed by atoms with van der Waals surface area (Å²) in [5.74, 6) is 0.629. The number of thioether (sulfide) groups is 1. The number of carbonyl (C=O) groups is 1. The van der Waals surface area contributed by atoms with Crippen LogP contribution in [0.15, 0.2) is 41.4 Å². The van der Waals surface area contributed by atoms with Gasteiger partial charge in [0.05, 0.1) is 22.4 Å². The van der Waals surface area contributed by atoms with Crippen molar-refractivity contribution in [3.8, 4) is 0 Å². The van der Waals surface area contributed by atoms with Crippen molar-refractivity contribution in [2.24, 2.45) is 0 Å². The van der Waals surface area contributed by atoms with Gasteiger partial charge in [-0.3, -0.25) is 14.9 Å². The van der Waals surface area contributed by atoms with E-state index < -0.39 is 4.92 Å². The van der Waals surface area contributed by atoms with Gasteiger partial charge < -0.3 is 5.32 Å². The van der Waals surface area contributed by atoms with Gasteiger partial charge in [0, 0.05) is 23.1 Å². The molecule has 1 heterocycles. The molecular weight excluding hydrogens is 352 g/mol. The molecule has 3 rings (SSSR count). The van der Waals surface area contributed by atoms with Crippen molar-refractivity contribution in [3.05, 3.63) is 46.6 Å². The summed E-state index contributed by atoms with van der Waals surface area (Å²) in [4.78, 5) is 23.6. The van der Waals surface area contributed by atoms with Gasteiger partial charge in [-0.15, -0.1) is 11.8 Å². The van der Waals surface area contributed by atoms with Crippen LogP contribution in [0.4, 0.5) is 11.5 Å². The van der Waals surface area contributed by atoms with Gasteiger partial charge in [-0.2, -0.15) is 5.10 Å². The van der Waals surface area contributed by atoms with Crippen LogP contribution >= 0.6 is 11.8 Å². The van der Waals surface area contributed by atoms with E-state index in [2.05, 4.69) is 10.4 Å². The highest BCUT2D eigenvalue weighted by Crippen LogP contribution is 2.31. The lowest BCUT2D eigenvalue weighted by molar-refractivity contribution is -0.384. The van der Waals surface area contributed by atoms with Gasteiger partial charge in [-0.05, 0) is 31.9 Å². The highest BCUT2D eigenvalue weighted by Gasteiger charge is 2.21. The van der Waals surface area contributed by atoms with Crippen molar-refractivity contribution in [1.29, 1.82) is 0 Å². The van der Waals surface area contributed by atoms with Crippen molar-refractivity contribution < 1.29 is 9.72 Å². The number of amides is 1. The maximum atomic E-state index is 12.5. The lowest BCUT2D eigenvalue weighted by Crippen LogP contribution is -2.25. The minimum absolute atomic E-state index is 0.0443. The van der Waals surface area contributed by atoms with Gasteiger partial charge in [0.2, 0.25) is 5.91 Å². The Balaban J connectivity index is 1.61. The third kappa shape index (κ3) is 4.43. The van der Waals surface area contributed by atoms with E-state index in [-0.39, 0.29) is 16.8 Å². The van der Waals surface area contributed by atoms with E-state index in [4.69, 9.17) is 0 Å². The van der Waals surface area contributed by atoms with E-state index >= 15 is 0 Å². The third-order valence-corrected chi connectivity index (χ3v) is 5.68. The zero-order valence-corrected chi connectivity index (χ0v) is 15.4. The smallest absolute Gasteiger partial charge is 0.269 e. The van der Waals surface area contributed by atoms with Gasteiger partial charge in [0.1, 0.15) is 5.82 Å². The van der Waals surface area contributed by atoms with Crippen molar-refractivity contribution in [3.63, 3.8) is 0 Å². The molecule has 1 aromatic carbocycles. The fourth-order valence-corrected chi connectivity index (χ4v) is 4.03. The number of hydrogen-bond donors (Lipinski definition) is 1. The van der Waals surface area contributed by atoms with Crippen LogP contribution in [0.1, 0.15) is 45.1 Å². The number of hydrogen-bond acceptors (Lipinski definition) is 5. The van der Waals surface area contributed by atoms with Crippen LogP contribution in [0.2, 0.25) is 0 Å². The normalized spacial score (nSPS) is 16.2. The van der Waals surface area contributed by atoms with Gasteiger partial charge in [-0.25, -0.2) is 4.68 Å². The van der Waals surface area contributed by atoms with Crippen molar-refractivity contribution >= 4 is 29.2 Å². The maximum Gasteiger partial charge on any atom is 0.269 e. The van der Waals surface area contributed by atoms with Crippen LogP contribution in [-0.2, 0) is 4.79 Å². The second-order valence-electron chi connectivity index (χ2n) is 6.45. The summed E-state index contributed by atoms with van der Waals surface area (Å²) < 4.78 is 1.93. The molecule has 1 aromatic heterocycles. The molecule has 0 radical (unpaired) electrons. The number of nitro benzene ring substituents is 1. The topological polar surface area (TPSA) is 90.1 Å². The fraction of sp³-hybridized carbons (Fsp3) is 0.444. The summed E-state index contributed by atoms with van der Waals surface area (Å²) in [6.07, 6.45) is 7.57. The molecular formula is C18H22N4O3S. The highest BCUT2D eigenvalue weighted by atomic mass is 32.2. The molecule has 0 aliphatic heterocycles. The van der Waals surface area contributed by atoms with E-state index in [1.54, 1.807) is 18.3 Å². The Kier molecular flexibility index (Phi) is 5.92. The summed E-state index contributed by atoms with van der Waals surface area (Å²) in [5, 5.41) is 17.7. The van der Waals surface area contributed by atoms with Crippen LogP contribution in [0.3, 0.4) is 0 Å². The average molecular weight is 374 g/mol. The highest BCUT2D eigenvalue weighted by molar-refractivity contribution is 8.00. The van der Waals surface area contributed by atoms with E-state index in [9.17, 15) is 14.9 Å². The molecule has 1 atom stereocenters. The fourth-order valence-electron chi connectivity index (χ4n) is 3.16. The number of carbonyl (C=O) groups excluding carboxylic acids is 1. The molecule has 1 aliphatic carbocycles. The molecule has 1 N–H and O–H groups in total. The predicted octanol–water partition coefficient (Wildman–Crippen LogP) is 4.42. The Bertz CT molecular complexity index is 769. The first-order valence-electron chi connectivity index (χ1n) is 8.80. The Morgan fingerprint density at radius 3 is 2.62 bits per heavy atom. The number of anilines is 1. The molecule has 1 unspecified atom stereocenters. The molecule has 8 heteroatoms. The van der Waals surface area contributed by atoms with Crippen LogP contribution in [-0.4, -0.2) is 25.9 Å². The van der Waals surface area contributed by atoms with E-state index in [1.165, 1.54) is 43.2 Å². The summed E-state index contributed by atoms with van der Waals surface area (Å²) in [6, 6.07) is 8.41. The molecule has 26 heavy (non-hydrogen) atoms. The number of nitrogens with one attached hydrogen (secondary N) is 1. The molecule has 138 valence electrons. The molecule has 0 spiro atoms. The lowest BCUT2D eigenvalue weighted by Gasteiger charge is -2.24. The summed E-state index contributed by atoms with van der Waals surface area (Å²) >= 11 is 1.37. The number of non-ortho nitro benzene ring substituents is 1. The number of nitro groups is 1. The Hall–Kier alpha value is -2.35. The first-order valence-corrected chi connectivity index (χ1v) is 9.68. The zero-order valence-electron chi connectivity index (χ0n) is 14.6. The largest absolute Gasteiger partial charge is 0.310 e. The maximum absolute atomic E-state index is 12.5. The number of rotatable bonds is 6. The molecule has 1 fully saturated rings.